The van der Waals surface area contributed by atoms with Gasteiger partial charge >= 0.3 is 0 Å². The molecule has 0 radical (unpaired) electrons. The molecule has 2 aliphatic rings. The maximum atomic E-state index is 6.82. The first-order chi connectivity index (χ1) is 23.6. The minimum Gasteiger partial charge on any atom is -0.453 e. The van der Waals surface area contributed by atoms with Gasteiger partial charge in [0.1, 0.15) is 0 Å². The standard InChI is InChI=1S/C45H34N2O/c1-45(2)37-20-10-12-22-40(37)47-41-23-13-14-24-42(41)48-43-30-35(29-38(45)44(43)47)46(34-27-25-32(26-28-34)31-15-5-3-6-16-31)39-21-11-9-19-36(39)33-17-7-4-8-18-33/h3-30H,1-2H3. The van der Waals surface area contributed by atoms with Crippen molar-refractivity contribution in [3.63, 3.8) is 0 Å². The van der Waals surface area contributed by atoms with Crippen LogP contribution in [-0.4, -0.2) is 0 Å². The van der Waals surface area contributed by atoms with E-state index in [9.17, 15) is 0 Å². The molecule has 3 heteroatoms. The van der Waals surface area contributed by atoms with Crippen molar-refractivity contribution < 1.29 is 4.74 Å². The van der Waals surface area contributed by atoms with Gasteiger partial charge in [-0.05, 0) is 70.3 Å². The van der Waals surface area contributed by atoms with E-state index < -0.39 is 0 Å². The highest BCUT2D eigenvalue weighted by Gasteiger charge is 2.42. The molecule has 0 amide bonds. The van der Waals surface area contributed by atoms with E-state index in [1.54, 1.807) is 0 Å². The Morgan fingerprint density at radius 3 is 1.85 bits per heavy atom. The van der Waals surface area contributed by atoms with Crippen LogP contribution in [-0.2, 0) is 5.41 Å². The minimum absolute atomic E-state index is 0.273. The maximum Gasteiger partial charge on any atom is 0.153 e. The molecule has 0 bridgehead atoms. The van der Waals surface area contributed by atoms with Crippen molar-refractivity contribution >= 4 is 34.1 Å². The predicted molar refractivity (Wildman–Crippen MR) is 199 cm³/mol. The molecule has 7 aromatic rings. The molecule has 0 atom stereocenters. The molecule has 0 aromatic heterocycles. The van der Waals surface area contributed by atoms with Gasteiger partial charge in [0.25, 0.3) is 0 Å². The fraction of sp³-hybridized carbons (Fsp3) is 0.0667. The van der Waals surface area contributed by atoms with E-state index in [1.165, 1.54) is 33.5 Å². The van der Waals surface area contributed by atoms with Crippen LogP contribution >= 0.6 is 0 Å². The molecule has 0 unspecified atom stereocenters. The Kier molecular flexibility index (Phi) is 6.48. The summed E-state index contributed by atoms with van der Waals surface area (Å²) in [6, 6.07) is 60.6. The van der Waals surface area contributed by atoms with Crippen LogP contribution < -0.4 is 14.5 Å². The van der Waals surface area contributed by atoms with Gasteiger partial charge in [0.15, 0.2) is 11.5 Å². The third kappa shape index (κ3) is 4.43. The average Bonchev–Trinajstić information content (AvgIpc) is 3.14. The first-order valence-corrected chi connectivity index (χ1v) is 16.5. The topological polar surface area (TPSA) is 15.7 Å². The van der Waals surface area contributed by atoms with Crippen LogP contribution in [0.2, 0.25) is 0 Å². The number of ether oxygens (including phenoxy) is 1. The third-order valence-electron chi connectivity index (χ3n) is 9.82. The zero-order valence-corrected chi connectivity index (χ0v) is 27.0. The highest BCUT2D eigenvalue weighted by Crippen LogP contribution is 2.61. The summed E-state index contributed by atoms with van der Waals surface area (Å²) in [6.45, 7) is 4.67. The Morgan fingerprint density at radius 1 is 0.479 bits per heavy atom. The highest BCUT2D eigenvalue weighted by atomic mass is 16.5. The van der Waals surface area contributed by atoms with E-state index in [0.717, 1.165) is 45.5 Å². The van der Waals surface area contributed by atoms with Crippen LogP contribution in [0.25, 0.3) is 22.3 Å². The van der Waals surface area contributed by atoms with Crippen molar-refractivity contribution in [3.8, 4) is 33.8 Å². The molecule has 0 aliphatic carbocycles. The van der Waals surface area contributed by atoms with E-state index >= 15 is 0 Å². The second-order valence-electron chi connectivity index (χ2n) is 13.0. The zero-order chi connectivity index (χ0) is 32.2. The summed E-state index contributed by atoms with van der Waals surface area (Å²) < 4.78 is 6.82. The molecule has 0 fully saturated rings. The molecular formula is C45H34N2O. The number of fused-ring (bicyclic) bond motifs is 4. The largest absolute Gasteiger partial charge is 0.453 e. The van der Waals surface area contributed by atoms with Crippen LogP contribution in [0.15, 0.2) is 170 Å². The third-order valence-corrected chi connectivity index (χ3v) is 9.82. The molecule has 48 heavy (non-hydrogen) atoms. The second kappa shape index (κ2) is 11.0. The fourth-order valence-corrected chi connectivity index (χ4v) is 7.46. The van der Waals surface area contributed by atoms with Gasteiger partial charge in [-0.15, -0.1) is 0 Å². The molecule has 2 heterocycles. The lowest BCUT2D eigenvalue weighted by atomic mass is 9.73. The number of rotatable bonds is 5. The van der Waals surface area contributed by atoms with E-state index in [2.05, 4.69) is 187 Å². The Labute approximate surface area is 281 Å². The van der Waals surface area contributed by atoms with Crippen molar-refractivity contribution in [2.45, 2.75) is 19.3 Å². The number of benzene rings is 7. The summed E-state index contributed by atoms with van der Waals surface area (Å²) in [5.74, 6) is 1.71. The number of hydrogen-bond acceptors (Lipinski definition) is 3. The summed E-state index contributed by atoms with van der Waals surface area (Å²) >= 11 is 0. The van der Waals surface area contributed by atoms with Gasteiger partial charge in [-0.25, -0.2) is 0 Å². The molecule has 230 valence electrons. The van der Waals surface area contributed by atoms with Gasteiger partial charge in [-0.1, -0.05) is 135 Å². The molecule has 3 nitrogen and oxygen atoms in total. The molecular weight excluding hydrogens is 585 g/mol. The van der Waals surface area contributed by atoms with E-state index in [-0.39, 0.29) is 5.41 Å². The van der Waals surface area contributed by atoms with Crippen molar-refractivity contribution in [1.29, 1.82) is 0 Å². The number of nitrogens with zero attached hydrogens (tertiary/aromatic N) is 2. The number of hydrogen-bond donors (Lipinski definition) is 0. The van der Waals surface area contributed by atoms with E-state index in [4.69, 9.17) is 4.74 Å². The monoisotopic (exact) mass is 618 g/mol. The first-order valence-electron chi connectivity index (χ1n) is 16.5. The van der Waals surface area contributed by atoms with Gasteiger partial charge in [0.2, 0.25) is 0 Å². The summed E-state index contributed by atoms with van der Waals surface area (Å²) in [6.07, 6.45) is 0. The Morgan fingerprint density at radius 2 is 1.08 bits per heavy atom. The van der Waals surface area contributed by atoms with Crippen LogP contribution in [0.3, 0.4) is 0 Å². The lowest BCUT2D eigenvalue weighted by Crippen LogP contribution is -2.32. The lowest BCUT2D eigenvalue weighted by molar-refractivity contribution is 0.471. The maximum absolute atomic E-state index is 6.82. The number of anilines is 6. The van der Waals surface area contributed by atoms with Crippen molar-refractivity contribution in [2.75, 3.05) is 9.80 Å². The molecule has 0 saturated carbocycles. The normalized spacial score (nSPS) is 13.5. The molecule has 7 aromatic carbocycles. The van der Waals surface area contributed by atoms with E-state index in [0.29, 0.717) is 0 Å². The van der Waals surface area contributed by atoms with Gasteiger partial charge in [-0.3, -0.25) is 0 Å². The summed E-state index contributed by atoms with van der Waals surface area (Å²) in [7, 11) is 0. The zero-order valence-electron chi connectivity index (χ0n) is 27.0. The Hall–Kier alpha value is -6.06. The molecule has 0 saturated heterocycles. The molecule has 0 N–H and O–H groups in total. The van der Waals surface area contributed by atoms with Crippen LogP contribution in [0.5, 0.6) is 11.5 Å². The van der Waals surface area contributed by atoms with Gasteiger partial charge < -0.3 is 14.5 Å². The van der Waals surface area contributed by atoms with Gasteiger partial charge in [0, 0.05) is 22.7 Å². The first kappa shape index (κ1) is 28.2. The van der Waals surface area contributed by atoms with Crippen LogP contribution in [0.4, 0.5) is 34.1 Å². The van der Waals surface area contributed by atoms with Gasteiger partial charge in [0.05, 0.1) is 28.4 Å². The predicted octanol–water partition coefficient (Wildman–Crippen LogP) is 12.7. The molecule has 9 rings (SSSR count). The summed E-state index contributed by atoms with van der Waals surface area (Å²) in [4.78, 5) is 4.78. The molecule has 2 aliphatic heterocycles. The van der Waals surface area contributed by atoms with Crippen molar-refractivity contribution in [1.82, 2.24) is 0 Å². The van der Waals surface area contributed by atoms with Crippen LogP contribution in [0.1, 0.15) is 25.0 Å². The van der Waals surface area contributed by atoms with Gasteiger partial charge in [-0.2, -0.15) is 0 Å². The quantitative estimate of drug-likeness (QED) is 0.191. The Balaban J connectivity index is 1.29. The number of para-hydroxylation sites is 4. The molecule has 0 spiro atoms. The summed E-state index contributed by atoms with van der Waals surface area (Å²) in [5, 5.41) is 0. The van der Waals surface area contributed by atoms with Crippen molar-refractivity contribution in [2.24, 2.45) is 0 Å². The SMILES string of the molecule is CC1(C)c2ccccc2N2c3ccccc3Oc3cc(N(c4ccc(-c5ccccc5)cc4)c4ccccc4-c4ccccc4)cc1c32. The second-order valence-corrected chi connectivity index (χ2v) is 13.0. The van der Waals surface area contributed by atoms with E-state index in [1.807, 2.05) is 6.07 Å². The fourth-order valence-electron chi connectivity index (χ4n) is 7.46. The highest BCUT2D eigenvalue weighted by molar-refractivity contribution is 5.96. The average molecular weight is 619 g/mol. The van der Waals surface area contributed by atoms with Crippen LogP contribution in [0, 0.1) is 0 Å². The lowest BCUT2D eigenvalue weighted by Gasteiger charge is -2.45. The smallest absolute Gasteiger partial charge is 0.153 e. The van der Waals surface area contributed by atoms with Crippen molar-refractivity contribution in [3.05, 3.63) is 181 Å². The summed E-state index contributed by atoms with van der Waals surface area (Å²) in [5.41, 5.74) is 13.6. The Bertz CT molecular complexity index is 2290. The minimum atomic E-state index is -0.273.